The van der Waals surface area contributed by atoms with E-state index in [9.17, 15) is 0 Å². The first-order valence-corrected chi connectivity index (χ1v) is 7.93. The van der Waals surface area contributed by atoms with Crippen LogP contribution in [0, 0.1) is 0 Å². The fraction of sp³-hybridized carbons (Fsp3) is 0.0455. The van der Waals surface area contributed by atoms with Crippen molar-refractivity contribution in [1.29, 1.82) is 0 Å². The van der Waals surface area contributed by atoms with Crippen molar-refractivity contribution >= 4 is 33.7 Å². The molecule has 0 N–H and O–H groups in total. The van der Waals surface area contributed by atoms with Gasteiger partial charge < -0.3 is 4.74 Å². The third kappa shape index (κ3) is 2.63. The van der Waals surface area contributed by atoms with Crippen LogP contribution in [0.25, 0.3) is 33.7 Å². The average Bonchev–Trinajstić information content (AvgIpc) is 2.66. The number of hydrogen-bond donors (Lipinski definition) is 0. The minimum Gasteiger partial charge on any atom is -0.497 e. The maximum absolute atomic E-state index is 5.20. The maximum Gasteiger partial charge on any atom is 0.118 e. The van der Waals surface area contributed by atoms with Gasteiger partial charge in [0.25, 0.3) is 0 Å². The lowest BCUT2D eigenvalue weighted by Gasteiger charge is -2.06. The number of hydrogen-bond acceptors (Lipinski definition) is 2. The van der Waals surface area contributed by atoms with Gasteiger partial charge in [-0.05, 0) is 45.5 Å². The number of nitrogens with zero attached hydrogens (tertiary/aromatic N) is 1. The Kier molecular flexibility index (Phi) is 3.72. The summed E-state index contributed by atoms with van der Waals surface area (Å²) in [6.45, 7) is 0. The van der Waals surface area contributed by atoms with Gasteiger partial charge in [-0.25, -0.2) is 0 Å². The van der Waals surface area contributed by atoms with Crippen molar-refractivity contribution in [3.63, 3.8) is 0 Å². The number of benzene rings is 3. The molecule has 0 bridgehead atoms. The normalized spacial score (nSPS) is 11.4. The van der Waals surface area contributed by atoms with E-state index in [1.54, 1.807) is 7.11 Å². The van der Waals surface area contributed by atoms with E-state index in [-0.39, 0.29) is 0 Å². The quantitative estimate of drug-likeness (QED) is 0.364. The van der Waals surface area contributed by atoms with Gasteiger partial charge in [0.1, 0.15) is 5.75 Å². The molecule has 116 valence electrons. The second kappa shape index (κ2) is 6.17. The largest absolute Gasteiger partial charge is 0.497 e. The predicted octanol–water partition coefficient (Wildman–Crippen LogP) is 5.57. The Morgan fingerprint density at radius 3 is 2.50 bits per heavy atom. The summed E-state index contributed by atoms with van der Waals surface area (Å²) in [5.74, 6) is 0.872. The zero-order valence-corrected chi connectivity index (χ0v) is 13.4. The van der Waals surface area contributed by atoms with E-state index >= 15 is 0 Å². The third-order valence-corrected chi connectivity index (χ3v) is 4.29. The van der Waals surface area contributed by atoms with Crippen LogP contribution in [-0.4, -0.2) is 12.1 Å². The molecule has 0 aliphatic carbocycles. The fourth-order valence-electron chi connectivity index (χ4n) is 3.00. The fourth-order valence-corrected chi connectivity index (χ4v) is 3.00. The molecule has 0 saturated heterocycles. The van der Waals surface area contributed by atoms with Crippen LogP contribution in [0.3, 0.4) is 0 Å². The van der Waals surface area contributed by atoms with Crippen LogP contribution in [0.1, 0.15) is 11.1 Å². The minimum absolute atomic E-state index is 0.872. The highest BCUT2D eigenvalue weighted by molar-refractivity contribution is 6.09. The first kappa shape index (κ1) is 14.5. The molecule has 0 aliphatic heterocycles. The second-order valence-electron chi connectivity index (χ2n) is 5.71. The topological polar surface area (TPSA) is 22.1 Å². The van der Waals surface area contributed by atoms with Crippen molar-refractivity contribution in [2.24, 2.45) is 0 Å². The lowest BCUT2D eigenvalue weighted by molar-refractivity contribution is 0.415. The molecule has 24 heavy (non-hydrogen) atoms. The molecule has 0 amide bonds. The van der Waals surface area contributed by atoms with Gasteiger partial charge in [-0.15, -0.1) is 0 Å². The van der Waals surface area contributed by atoms with Crippen LogP contribution < -0.4 is 4.74 Å². The van der Waals surface area contributed by atoms with E-state index in [1.807, 2.05) is 24.5 Å². The van der Waals surface area contributed by atoms with E-state index in [0.717, 1.165) is 11.3 Å². The van der Waals surface area contributed by atoms with Crippen LogP contribution >= 0.6 is 0 Å². The van der Waals surface area contributed by atoms with Crippen LogP contribution in [0.15, 0.2) is 73.1 Å². The number of rotatable bonds is 3. The van der Waals surface area contributed by atoms with Gasteiger partial charge in [-0.2, -0.15) is 0 Å². The number of ether oxygens (including phenoxy) is 1. The Morgan fingerprint density at radius 2 is 1.67 bits per heavy atom. The Morgan fingerprint density at radius 1 is 0.792 bits per heavy atom. The van der Waals surface area contributed by atoms with Gasteiger partial charge in [0, 0.05) is 17.8 Å². The summed E-state index contributed by atoms with van der Waals surface area (Å²) in [4.78, 5) is 4.27. The number of aromatic nitrogens is 1. The minimum atomic E-state index is 0.872. The first-order chi connectivity index (χ1) is 11.8. The molecule has 2 heteroatoms. The zero-order chi connectivity index (χ0) is 16.4. The molecule has 0 aliphatic rings. The Bertz CT molecular complexity index is 1030. The molecule has 3 aromatic carbocycles. The van der Waals surface area contributed by atoms with Crippen molar-refractivity contribution in [3.8, 4) is 5.75 Å². The molecule has 2 nitrogen and oxygen atoms in total. The maximum atomic E-state index is 5.20. The van der Waals surface area contributed by atoms with E-state index in [4.69, 9.17) is 4.74 Å². The molecular weight excluding hydrogens is 294 g/mol. The molecule has 0 spiro atoms. The molecule has 0 atom stereocenters. The van der Waals surface area contributed by atoms with Crippen molar-refractivity contribution in [1.82, 2.24) is 4.98 Å². The van der Waals surface area contributed by atoms with Gasteiger partial charge in [0.15, 0.2) is 0 Å². The van der Waals surface area contributed by atoms with Gasteiger partial charge >= 0.3 is 0 Å². The van der Waals surface area contributed by atoms with Gasteiger partial charge in [0.05, 0.1) is 7.11 Å². The van der Waals surface area contributed by atoms with Crippen LogP contribution in [-0.2, 0) is 0 Å². The summed E-state index contributed by atoms with van der Waals surface area (Å²) in [5.41, 5.74) is 2.35. The number of methoxy groups -OCH3 is 1. The molecule has 0 fully saturated rings. The highest BCUT2D eigenvalue weighted by atomic mass is 16.5. The molecule has 4 rings (SSSR count). The van der Waals surface area contributed by atoms with Gasteiger partial charge in [-0.3, -0.25) is 4.98 Å². The molecular formula is C22H17NO. The van der Waals surface area contributed by atoms with Gasteiger partial charge in [0.2, 0.25) is 0 Å². The summed E-state index contributed by atoms with van der Waals surface area (Å²) in [5, 5.41) is 4.88. The summed E-state index contributed by atoms with van der Waals surface area (Å²) < 4.78 is 5.20. The lowest BCUT2D eigenvalue weighted by atomic mass is 9.99. The first-order valence-electron chi connectivity index (χ1n) is 7.93. The molecule has 1 aromatic heterocycles. The van der Waals surface area contributed by atoms with Crippen LogP contribution in [0.2, 0.25) is 0 Å². The van der Waals surface area contributed by atoms with E-state index in [2.05, 4.69) is 65.7 Å². The summed E-state index contributed by atoms with van der Waals surface area (Å²) in [6.07, 6.45) is 8.06. The summed E-state index contributed by atoms with van der Waals surface area (Å²) in [7, 11) is 1.68. The van der Waals surface area contributed by atoms with Crippen LogP contribution in [0.4, 0.5) is 0 Å². The lowest BCUT2D eigenvalue weighted by Crippen LogP contribution is -1.83. The Labute approximate surface area is 141 Å². The number of pyridine rings is 1. The standard InChI is InChI=1S/C22H17NO/c1-24-19-10-6-16(7-11-19)5-8-17-3-2-4-21-20(17)12-9-18-13-14-23-15-22(18)21/h2-15H,1H3/b8-5+. The van der Waals surface area contributed by atoms with Crippen molar-refractivity contribution < 1.29 is 4.74 Å². The van der Waals surface area contributed by atoms with Crippen molar-refractivity contribution in [2.75, 3.05) is 7.11 Å². The number of fused-ring (bicyclic) bond motifs is 3. The van der Waals surface area contributed by atoms with Crippen LogP contribution in [0.5, 0.6) is 5.75 Å². The molecule has 1 heterocycles. The van der Waals surface area contributed by atoms with Crippen molar-refractivity contribution in [2.45, 2.75) is 0 Å². The molecule has 0 unspecified atom stereocenters. The molecule has 0 radical (unpaired) electrons. The third-order valence-electron chi connectivity index (χ3n) is 4.29. The van der Waals surface area contributed by atoms with E-state index < -0.39 is 0 Å². The smallest absolute Gasteiger partial charge is 0.118 e. The predicted molar refractivity (Wildman–Crippen MR) is 101 cm³/mol. The molecule has 0 saturated carbocycles. The highest BCUT2D eigenvalue weighted by Gasteiger charge is 2.03. The SMILES string of the molecule is COc1ccc(/C=C/c2cccc3c2ccc2ccncc23)cc1. The monoisotopic (exact) mass is 311 g/mol. The van der Waals surface area contributed by atoms with Gasteiger partial charge in [-0.1, -0.05) is 54.6 Å². The highest BCUT2D eigenvalue weighted by Crippen LogP contribution is 2.28. The zero-order valence-electron chi connectivity index (χ0n) is 13.4. The Balaban J connectivity index is 1.78. The van der Waals surface area contributed by atoms with Crippen molar-refractivity contribution in [3.05, 3.63) is 84.2 Å². The summed E-state index contributed by atoms with van der Waals surface area (Å²) >= 11 is 0. The Hall–Kier alpha value is -3.13. The van der Waals surface area contributed by atoms with E-state index in [1.165, 1.54) is 27.1 Å². The summed E-state index contributed by atoms with van der Waals surface area (Å²) in [6, 6.07) is 20.9. The second-order valence-corrected chi connectivity index (χ2v) is 5.71. The molecule has 4 aromatic rings. The average molecular weight is 311 g/mol. The van der Waals surface area contributed by atoms with E-state index in [0.29, 0.717) is 0 Å².